The van der Waals surface area contributed by atoms with E-state index in [-0.39, 0.29) is 43.2 Å². The third kappa shape index (κ3) is 6.68. The van der Waals surface area contributed by atoms with E-state index in [2.05, 4.69) is 59.9 Å². The number of fused-ring (bicyclic) bond motifs is 1. The lowest BCUT2D eigenvalue weighted by Crippen LogP contribution is -2.53. The second-order valence-corrected chi connectivity index (χ2v) is 10.9. The number of hydrogen-bond acceptors (Lipinski definition) is 4. The van der Waals surface area contributed by atoms with Crippen LogP contribution in [0, 0.1) is 0 Å². The molecule has 1 aromatic heterocycles. The summed E-state index contributed by atoms with van der Waals surface area (Å²) in [4.78, 5) is 43.6. The van der Waals surface area contributed by atoms with Crippen LogP contribution < -0.4 is 5.32 Å². The van der Waals surface area contributed by atoms with Gasteiger partial charge in [0.2, 0.25) is 11.8 Å². The van der Waals surface area contributed by atoms with Gasteiger partial charge in [0.1, 0.15) is 6.04 Å². The molecule has 200 valence electrons. The smallest absolute Gasteiger partial charge is 0.305 e. The number of aliphatic carboxylic acids is 1. The lowest BCUT2D eigenvalue weighted by atomic mass is 9.87. The number of aromatic nitrogens is 2. The number of nitrogens with one attached hydrogen (secondary N) is 1. The van der Waals surface area contributed by atoms with Crippen LogP contribution in [-0.4, -0.2) is 49.9 Å². The molecule has 0 aliphatic carbocycles. The lowest BCUT2D eigenvalue weighted by molar-refractivity contribution is -0.142. The molecular formula is C30H36N4O4. The van der Waals surface area contributed by atoms with Crippen LogP contribution >= 0.6 is 0 Å². The van der Waals surface area contributed by atoms with E-state index in [1.807, 2.05) is 30.3 Å². The summed E-state index contributed by atoms with van der Waals surface area (Å²) in [7, 11) is 0. The number of amides is 2. The zero-order chi connectivity index (χ0) is 27.3. The Kier molecular flexibility index (Phi) is 8.29. The third-order valence-corrected chi connectivity index (χ3v) is 7.02. The maximum atomic E-state index is 13.4. The van der Waals surface area contributed by atoms with E-state index in [1.165, 1.54) is 5.56 Å². The largest absolute Gasteiger partial charge is 0.481 e. The van der Waals surface area contributed by atoms with Gasteiger partial charge in [0.25, 0.3) is 0 Å². The second-order valence-electron chi connectivity index (χ2n) is 10.9. The van der Waals surface area contributed by atoms with Gasteiger partial charge in [0.05, 0.1) is 30.7 Å². The molecule has 1 aliphatic rings. The normalized spacial score (nSPS) is 15.1. The minimum atomic E-state index is -0.985. The Balaban J connectivity index is 1.53. The van der Waals surface area contributed by atoms with Gasteiger partial charge in [-0.05, 0) is 28.5 Å². The molecule has 0 saturated carbocycles. The fourth-order valence-electron chi connectivity index (χ4n) is 4.76. The van der Waals surface area contributed by atoms with E-state index in [0.717, 1.165) is 22.5 Å². The molecule has 1 aliphatic heterocycles. The van der Waals surface area contributed by atoms with E-state index in [4.69, 9.17) is 5.11 Å². The quantitative estimate of drug-likeness (QED) is 0.451. The van der Waals surface area contributed by atoms with Crippen molar-refractivity contribution in [3.8, 4) is 0 Å². The predicted molar refractivity (Wildman–Crippen MR) is 145 cm³/mol. The van der Waals surface area contributed by atoms with Gasteiger partial charge in [-0.15, -0.1) is 0 Å². The van der Waals surface area contributed by atoms with Crippen molar-refractivity contribution in [3.63, 3.8) is 0 Å². The van der Waals surface area contributed by atoms with Crippen LogP contribution in [0.15, 0.2) is 60.9 Å². The first kappa shape index (κ1) is 27.1. The molecule has 8 heteroatoms. The minimum Gasteiger partial charge on any atom is -0.481 e. The Bertz CT molecular complexity index is 1280. The molecule has 0 saturated heterocycles. The molecule has 2 amide bonds. The summed E-state index contributed by atoms with van der Waals surface area (Å²) in [5.41, 5.74) is 5.25. The molecule has 1 atom stereocenters. The summed E-state index contributed by atoms with van der Waals surface area (Å²) in [5.74, 6) is -1.45. The minimum absolute atomic E-state index is 0.0164. The maximum absolute atomic E-state index is 13.4. The van der Waals surface area contributed by atoms with Crippen LogP contribution in [0.4, 0.5) is 0 Å². The van der Waals surface area contributed by atoms with Gasteiger partial charge in [-0.25, -0.2) is 4.98 Å². The highest BCUT2D eigenvalue weighted by atomic mass is 16.4. The fourth-order valence-corrected chi connectivity index (χ4v) is 4.76. The summed E-state index contributed by atoms with van der Waals surface area (Å²) in [5, 5.41) is 11.6. The van der Waals surface area contributed by atoms with Crippen molar-refractivity contribution >= 4 is 17.8 Å². The Labute approximate surface area is 223 Å². The van der Waals surface area contributed by atoms with Crippen molar-refractivity contribution in [1.29, 1.82) is 0 Å². The van der Waals surface area contributed by atoms with E-state index in [9.17, 15) is 14.4 Å². The van der Waals surface area contributed by atoms with E-state index in [0.29, 0.717) is 19.4 Å². The summed E-state index contributed by atoms with van der Waals surface area (Å²) in [6.07, 6.45) is 2.76. The van der Waals surface area contributed by atoms with E-state index >= 15 is 0 Å². The fraction of sp³-hybridized carbons (Fsp3) is 0.400. The highest BCUT2D eigenvalue weighted by molar-refractivity contribution is 5.88. The Hall–Kier alpha value is -3.94. The molecule has 4 rings (SSSR count). The summed E-state index contributed by atoms with van der Waals surface area (Å²) in [6.45, 7) is 7.47. The van der Waals surface area contributed by atoms with E-state index in [1.54, 1.807) is 11.2 Å². The number of benzene rings is 2. The first-order chi connectivity index (χ1) is 18.1. The molecule has 38 heavy (non-hydrogen) atoms. The standard InChI is InChI=1S/C30H36N4O4/c1-30(2,3)23-12-9-22(10-13-23)18-33-20-32-24-17-25(29(38)31-16-15-28(36)37)34(19-26(24)33)27(35)14-11-21-7-5-4-6-8-21/h4-10,12-13,20,25H,11,14-19H2,1-3H3,(H,31,38)(H,36,37). The van der Waals surface area contributed by atoms with Gasteiger partial charge >= 0.3 is 5.97 Å². The third-order valence-electron chi connectivity index (χ3n) is 7.02. The number of carboxylic acid groups (broad SMARTS) is 1. The molecule has 3 aromatic rings. The lowest BCUT2D eigenvalue weighted by Gasteiger charge is -2.35. The number of carbonyl (C=O) groups is 3. The van der Waals surface area contributed by atoms with Gasteiger partial charge in [0, 0.05) is 25.9 Å². The first-order valence-electron chi connectivity index (χ1n) is 13.1. The summed E-state index contributed by atoms with van der Waals surface area (Å²) < 4.78 is 2.05. The SMILES string of the molecule is CC(C)(C)c1ccc(Cn2cnc3c2CN(C(=O)CCc2ccccc2)C(C(=O)NCCC(=O)O)C3)cc1. The number of carboxylic acids is 1. The van der Waals surface area contributed by atoms with Gasteiger partial charge < -0.3 is 19.9 Å². The average molecular weight is 517 g/mol. The molecule has 8 nitrogen and oxygen atoms in total. The van der Waals surface area contributed by atoms with Crippen molar-refractivity contribution in [2.45, 2.75) is 71.0 Å². The summed E-state index contributed by atoms with van der Waals surface area (Å²) in [6, 6.07) is 17.6. The van der Waals surface area contributed by atoms with Crippen LogP contribution in [-0.2, 0) is 45.7 Å². The monoisotopic (exact) mass is 516 g/mol. The Morgan fingerprint density at radius 2 is 1.71 bits per heavy atom. The number of aryl methyl sites for hydroxylation is 1. The zero-order valence-corrected chi connectivity index (χ0v) is 22.3. The predicted octanol–water partition coefficient (Wildman–Crippen LogP) is 3.71. The maximum Gasteiger partial charge on any atom is 0.305 e. The molecule has 2 N–H and O–H groups in total. The van der Waals surface area contributed by atoms with Crippen LogP contribution in [0.25, 0.3) is 0 Å². The average Bonchev–Trinajstić information content (AvgIpc) is 3.28. The Morgan fingerprint density at radius 3 is 2.37 bits per heavy atom. The molecule has 0 bridgehead atoms. The van der Waals surface area contributed by atoms with Gasteiger partial charge in [-0.2, -0.15) is 0 Å². The van der Waals surface area contributed by atoms with Crippen LogP contribution in [0.5, 0.6) is 0 Å². The number of hydrogen-bond donors (Lipinski definition) is 2. The van der Waals surface area contributed by atoms with Crippen molar-refractivity contribution < 1.29 is 19.5 Å². The zero-order valence-electron chi connectivity index (χ0n) is 22.3. The number of carbonyl (C=O) groups excluding carboxylic acids is 2. The molecule has 2 aromatic carbocycles. The van der Waals surface area contributed by atoms with Gasteiger partial charge in [0.15, 0.2) is 0 Å². The number of nitrogens with zero attached hydrogens (tertiary/aromatic N) is 3. The van der Waals surface area contributed by atoms with Gasteiger partial charge in [-0.3, -0.25) is 14.4 Å². The van der Waals surface area contributed by atoms with Crippen molar-refractivity contribution in [1.82, 2.24) is 19.8 Å². The summed E-state index contributed by atoms with van der Waals surface area (Å²) >= 11 is 0. The first-order valence-corrected chi connectivity index (χ1v) is 13.1. The number of imidazole rings is 1. The molecule has 1 unspecified atom stereocenters. The highest BCUT2D eigenvalue weighted by Gasteiger charge is 2.36. The van der Waals surface area contributed by atoms with E-state index < -0.39 is 12.0 Å². The molecule has 0 radical (unpaired) electrons. The van der Waals surface area contributed by atoms with Crippen molar-refractivity contribution in [2.75, 3.05) is 6.54 Å². The topological polar surface area (TPSA) is 105 Å². The second kappa shape index (κ2) is 11.6. The van der Waals surface area contributed by atoms with Crippen molar-refractivity contribution in [3.05, 3.63) is 89.0 Å². The molecule has 0 fully saturated rings. The Morgan fingerprint density at radius 1 is 1.00 bits per heavy atom. The van der Waals surface area contributed by atoms with Crippen LogP contribution in [0.2, 0.25) is 0 Å². The van der Waals surface area contributed by atoms with Crippen LogP contribution in [0.3, 0.4) is 0 Å². The van der Waals surface area contributed by atoms with Crippen molar-refractivity contribution in [2.24, 2.45) is 0 Å². The number of rotatable bonds is 9. The molecular weight excluding hydrogens is 480 g/mol. The van der Waals surface area contributed by atoms with Gasteiger partial charge in [-0.1, -0.05) is 75.4 Å². The molecule has 2 heterocycles. The highest BCUT2D eigenvalue weighted by Crippen LogP contribution is 2.26. The van der Waals surface area contributed by atoms with Crippen LogP contribution in [0.1, 0.15) is 61.7 Å². The molecule has 0 spiro atoms.